The summed E-state index contributed by atoms with van der Waals surface area (Å²) in [6.45, 7) is 0.142. The van der Waals surface area contributed by atoms with Crippen LogP contribution in [0.3, 0.4) is 0 Å². The van der Waals surface area contributed by atoms with Gasteiger partial charge in [0.25, 0.3) is 0 Å². The van der Waals surface area contributed by atoms with Crippen molar-refractivity contribution in [3.05, 3.63) is 11.7 Å². The molecule has 2 fully saturated rings. The van der Waals surface area contributed by atoms with Crippen LogP contribution in [-0.2, 0) is 5.41 Å². The van der Waals surface area contributed by atoms with Crippen molar-refractivity contribution >= 4 is 0 Å². The van der Waals surface area contributed by atoms with Crippen LogP contribution in [0.15, 0.2) is 4.52 Å². The van der Waals surface area contributed by atoms with Crippen molar-refractivity contribution in [3.63, 3.8) is 0 Å². The van der Waals surface area contributed by atoms with E-state index in [0.717, 1.165) is 12.8 Å². The fraction of sp³-hybridized carbons (Fsp3) is 0.800. The topological polar surface area (TPSA) is 51.0 Å². The van der Waals surface area contributed by atoms with Crippen molar-refractivity contribution in [3.8, 4) is 0 Å². The second-order valence-corrected chi connectivity index (χ2v) is 4.74. The molecule has 1 aromatic rings. The van der Waals surface area contributed by atoms with Crippen molar-refractivity contribution in [2.75, 3.05) is 13.1 Å². The normalized spacial score (nSPS) is 29.8. The van der Waals surface area contributed by atoms with E-state index in [4.69, 9.17) is 4.52 Å². The van der Waals surface area contributed by atoms with Gasteiger partial charge in [0.05, 0.1) is 0 Å². The lowest BCUT2D eigenvalue weighted by atomic mass is 9.86. The van der Waals surface area contributed by atoms with Crippen molar-refractivity contribution in [1.82, 2.24) is 15.5 Å². The Morgan fingerprint density at radius 1 is 1.35 bits per heavy atom. The maximum absolute atomic E-state index is 13.2. The van der Waals surface area contributed by atoms with Gasteiger partial charge in [0, 0.05) is 12.5 Å². The number of rotatable bonds is 2. The molecule has 7 heteroatoms. The molecule has 2 aliphatic rings. The first-order chi connectivity index (χ1) is 8.03. The van der Waals surface area contributed by atoms with Crippen LogP contribution >= 0.6 is 0 Å². The lowest BCUT2D eigenvalue weighted by Gasteiger charge is -2.26. The number of nitrogens with zero attached hydrogens (tertiary/aromatic N) is 2. The van der Waals surface area contributed by atoms with Gasteiger partial charge in [-0.15, -0.1) is 0 Å². The zero-order valence-electron chi connectivity index (χ0n) is 9.05. The molecule has 1 aliphatic carbocycles. The number of nitrogens with one attached hydrogen (secondary N) is 1. The number of aromatic nitrogens is 2. The average molecular weight is 247 g/mol. The van der Waals surface area contributed by atoms with Gasteiger partial charge in [-0.1, -0.05) is 5.16 Å². The predicted octanol–water partition coefficient (Wildman–Crippen LogP) is 1.74. The molecule has 17 heavy (non-hydrogen) atoms. The highest BCUT2D eigenvalue weighted by molar-refractivity contribution is 5.16. The molecule has 0 spiro atoms. The monoisotopic (exact) mass is 247 g/mol. The summed E-state index contributed by atoms with van der Waals surface area (Å²) in [5.41, 5.74) is -1.99. The van der Waals surface area contributed by atoms with E-state index in [0.29, 0.717) is 12.4 Å². The Bertz CT molecular complexity index is 419. The molecule has 1 unspecified atom stereocenters. The first-order valence-corrected chi connectivity index (χ1v) is 5.64. The first kappa shape index (κ1) is 11.0. The van der Waals surface area contributed by atoms with Gasteiger partial charge < -0.3 is 9.84 Å². The van der Waals surface area contributed by atoms with Crippen LogP contribution in [-0.4, -0.2) is 29.4 Å². The van der Waals surface area contributed by atoms with Crippen molar-refractivity contribution in [2.24, 2.45) is 0 Å². The summed E-state index contributed by atoms with van der Waals surface area (Å²) in [5.74, 6) is 0.347. The number of halogens is 3. The van der Waals surface area contributed by atoms with Crippen LogP contribution in [0.2, 0.25) is 0 Å². The highest BCUT2D eigenvalue weighted by Gasteiger charge is 2.61. The van der Waals surface area contributed by atoms with Crippen LogP contribution in [0.1, 0.15) is 36.9 Å². The number of hydrogen-bond donors (Lipinski definition) is 1. The predicted molar refractivity (Wildman–Crippen MR) is 51.5 cm³/mol. The zero-order chi connectivity index (χ0) is 12.1. The quantitative estimate of drug-likeness (QED) is 0.864. The summed E-state index contributed by atoms with van der Waals surface area (Å²) in [4.78, 5) is 3.96. The molecule has 3 rings (SSSR count). The molecule has 1 aromatic heterocycles. The largest absolute Gasteiger partial charge is 0.404 e. The molecular formula is C10H12F3N3O. The Morgan fingerprint density at radius 2 is 2.12 bits per heavy atom. The second-order valence-electron chi connectivity index (χ2n) is 4.74. The second kappa shape index (κ2) is 3.44. The molecule has 94 valence electrons. The summed E-state index contributed by atoms with van der Waals surface area (Å²) < 4.78 is 44.3. The van der Waals surface area contributed by atoms with Crippen molar-refractivity contribution < 1.29 is 17.7 Å². The SMILES string of the molecule is FC(F)(F)C1(c2nc(C3CC3)no2)CCNC1. The third-order valence-electron chi connectivity index (χ3n) is 3.49. The Balaban J connectivity index is 1.97. The van der Waals surface area contributed by atoms with E-state index in [1.54, 1.807) is 0 Å². The molecule has 0 radical (unpaired) electrons. The Kier molecular flexibility index (Phi) is 2.23. The molecule has 1 N–H and O–H groups in total. The summed E-state index contributed by atoms with van der Waals surface area (Å²) >= 11 is 0. The molecule has 1 saturated carbocycles. The van der Waals surface area contributed by atoms with Crippen LogP contribution in [0, 0.1) is 0 Å². The van der Waals surface area contributed by atoms with E-state index in [-0.39, 0.29) is 24.8 Å². The number of alkyl halides is 3. The van der Waals surface area contributed by atoms with Gasteiger partial charge in [0.15, 0.2) is 11.2 Å². The molecule has 1 aliphatic heterocycles. The van der Waals surface area contributed by atoms with Crippen LogP contribution in [0.25, 0.3) is 0 Å². The maximum Gasteiger partial charge on any atom is 0.404 e. The Hall–Kier alpha value is -1.11. The molecule has 4 nitrogen and oxygen atoms in total. The Morgan fingerprint density at radius 3 is 2.65 bits per heavy atom. The third-order valence-corrected chi connectivity index (χ3v) is 3.49. The molecule has 0 amide bonds. The minimum absolute atomic E-state index is 0.0389. The fourth-order valence-electron chi connectivity index (χ4n) is 2.17. The van der Waals surface area contributed by atoms with Gasteiger partial charge in [-0.25, -0.2) is 0 Å². The Labute approximate surface area is 95.6 Å². The van der Waals surface area contributed by atoms with E-state index >= 15 is 0 Å². The van der Waals surface area contributed by atoms with Gasteiger partial charge in [-0.3, -0.25) is 0 Å². The van der Waals surface area contributed by atoms with Crippen LogP contribution in [0.5, 0.6) is 0 Å². The van der Waals surface area contributed by atoms with Gasteiger partial charge in [0.1, 0.15) is 0 Å². The fourth-order valence-corrected chi connectivity index (χ4v) is 2.17. The summed E-state index contributed by atoms with van der Waals surface area (Å²) in [5, 5.41) is 6.39. The van der Waals surface area contributed by atoms with Gasteiger partial charge >= 0.3 is 6.18 Å². The van der Waals surface area contributed by atoms with E-state index < -0.39 is 11.6 Å². The highest BCUT2D eigenvalue weighted by Crippen LogP contribution is 2.46. The molecule has 0 aromatic carbocycles. The molecule has 1 atom stereocenters. The molecule has 2 heterocycles. The first-order valence-electron chi connectivity index (χ1n) is 5.64. The smallest absolute Gasteiger partial charge is 0.338 e. The van der Waals surface area contributed by atoms with E-state index in [1.807, 2.05) is 0 Å². The highest BCUT2D eigenvalue weighted by atomic mass is 19.4. The lowest BCUT2D eigenvalue weighted by Crippen LogP contribution is -2.44. The number of hydrogen-bond acceptors (Lipinski definition) is 4. The summed E-state index contributed by atoms with van der Waals surface area (Å²) in [6.07, 6.45) is -2.51. The molecule has 0 bridgehead atoms. The molecular weight excluding hydrogens is 235 g/mol. The minimum Gasteiger partial charge on any atom is -0.338 e. The van der Waals surface area contributed by atoms with Crippen LogP contribution in [0.4, 0.5) is 13.2 Å². The van der Waals surface area contributed by atoms with E-state index in [9.17, 15) is 13.2 Å². The standard InChI is InChI=1S/C10H12F3N3O/c11-10(12,13)9(3-4-14-5-9)8-15-7(16-17-8)6-1-2-6/h6,14H,1-5H2. The summed E-state index contributed by atoms with van der Waals surface area (Å²) in [7, 11) is 0. The average Bonchev–Trinajstić information content (AvgIpc) is 2.82. The summed E-state index contributed by atoms with van der Waals surface area (Å²) in [6, 6.07) is 0. The van der Waals surface area contributed by atoms with Gasteiger partial charge in [-0.05, 0) is 25.8 Å². The van der Waals surface area contributed by atoms with Crippen molar-refractivity contribution in [2.45, 2.75) is 36.8 Å². The molecule has 1 saturated heterocycles. The minimum atomic E-state index is -4.36. The van der Waals surface area contributed by atoms with Crippen LogP contribution < -0.4 is 5.32 Å². The van der Waals surface area contributed by atoms with E-state index in [2.05, 4.69) is 15.5 Å². The van der Waals surface area contributed by atoms with Gasteiger partial charge in [0.2, 0.25) is 5.89 Å². The van der Waals surface area contributed by atoms with Crippen molar-refractivity contribution in [1.29, 1.82) is 0 Å². The zero-order valence-corrected chi connectivity index (χ0v) is 9.05. The third kappa shape index (κ3) is 1.64. The lowest BCUT2D eigenvalue weighted by molar-refractivity contribution is -0.191. The van der Waals surface area contributed by atoms with E-state index in [1.165, 1.54) is 0 Å². The van der Waals surface area contributed by atoms with Gasteiger partial charge in [-0.2, -0.15) is 18.2 Å². The maximum atomic E-state index is 13.2.